The molecule has 90 valence electrons. The van der Waals surface area contributed by atoms with Gasteiger partial charge < -0.3 is 4.90 Å². The molecule has 6 heteroatoms. The van der Waals surface area contributed by atoms with Gasteiger partial charge in [-0.05, 0) is 19.1 Å². The van der Waals surface area contributed by atoms with E-state index in [9.17, 15) is 10.1 Å². The van der Waals surface area contributed by atoms with Gasteiger partial charge in [-0.1, -0.05) is 11.6 Å². The summed E-state index contributed by atoms with van der Waals surface area (Å²) in [5, 5.41) is 19.9. The maximum absolute atomic E-state index is 10.9. The Morgan fingerprint density at radius 1 is 1.65 bits per heavy atom. The van der Waals surface area contributed by atoms with Gasteiger partial charge in [0, 0.05) is 24.2 Å². The molecule has 0 spiro atoms. The van der Waals surface area contributed by atoms with Crippen LogP contribution < -0.4 is 4.90 Å². The second-order valence-corrected chi connectivity index (χ2v) is 4.15. The summed E-state index contributed by atoms with van der Waals surface area (Å²) in [6.45, 7) is 1.83. The van der Waals surface area contributed by atoms with Crippen molar-refractivity contribution in [3.8, 4) is 6.07 Å². The van der Waals surface area contributed by atoms with E-state index in [-0.39, 0.29) is 11.7 Å². The summed E-state index contributed by atoms with van der Waals surface area (Å²) in [5.74, 6) is 0. The van der Waals surface area contributed by atoms with Gasteiger partial charge in [0.2, 0.25) is 0 Å². The smallest absolute Gasteiger partial charge is 0.294 e. The SMILES string of the molecule is CC(CC#N)N(C)c1ccc(Cl)cc1[N+](=O)[O-]. The van der Waals surface area contributed by atoms with E-state index in [0.29, 0.717) is 17.1 Å². The molecule has 1 aromatic rings. The van der Waals surface area contributed by atoms with E-state index in [0.717, 1.165) is 0 Å². The Hall–Kier alpha value is -1.80. The third kappa shape index (κ3) is 3.08. The number of nitro benzene ring substituents is 1. The zero-order valence-electron chi connectivity index (χ0n) is 9.55. The minimum Gasteiger partial charge on any atom is -0.365 e. The van der Waals surface area contributed by atoms with E-state index >= 15 is 0 Å². The first-order valence-electron chi connectivity index (χ1n) is 5.01. The van der Waals surface area contributed by atoms with Crippen LogP contribution in [-0.2, 0) is 0 Å². The fourth-order valence-electron chi connectivity index (χ4n) is 1.45. The highest BCUT2D eigenvalue weighted by Gasteiger charge is 2.20. The van der Waals surface area contributed by atoms with E-state index < -0.39 is 4.92 Å². The van der Waals surface area contributed by atoms with Crippen LogP contribution in [0.5, 0.6) is 0 Å². The molecule has 17 heavy (non-hydrogen) atoms. The molecule has 0 aromatic heterocycles. The number of hydrogen-bond acceptors (Lipinski definition) is 4. The van der Waals surface area contributed by atoms with Crippen molar-refractivity contribution >= 4 is 23.0 Å². The van der Waals surface area contributed by atoms with Crippen molar-refractivity contribution in [3.63, 3.8) is 0 Å². The fraction of sp³-hybridized carbons (Fsp3) is 0.364. The molecule has 1 rings (SSSR count). The lowest BCUT2D eigenvalue weighted by Gasteiger charge is -2.24. The summed E-state index contributed by atoms with van der Waals surface area (Å²) in [5.41, 5.74) is 0.409. The molecule has 1 aromatic carbocycles. The first kappa shape index (κ1) is 13.3. The number of nitro groups is 1. The average molecular weight is 254 g/mol. The highest BCUT2D eigenvalue weighted by Crippen LogP contribution is 2.31. The van der Waals surface area contributed by atoms with E-state index in [2.05, 4.69) is 0 Å². The number of anilines is 1. The van der Waals surface area contributed by atoms with Gasteiger partial charge in [-0.15, -0.1) is 0 Å². The van der Waals surface area contributed by atoms with Crippen molar-refractivity contribution in [1.82, 2.24) is 0 Å². The number of benzene rings is 1. The Kier molecular flexibility index (Phi) is 4.30. The van der Waals surface area contributed by atoms with Gasteiger partial charge in [0.05, 0.1) is 17.4 Å². The van der Waals surface area contributed by atoms with Gasteiger partial charge in [0.25, 0.3) is 5.69 Å². The van der Waals surface area contributed by atoms with Crippen LogP contribution in [0.2, 0.25) is 5.02 Å². The summed E-state index contributed by atoms with van der Waals surface area (Å²) in [7, 11) is 1.72. The van der Waals surface area contributed by atoms with E-state index in [1.807, 2.05) is 13.0 Å². The lowest BCUT2D eigenvalue weighted by Crippen LogP contribution is -2.28. The van der Waals surface area contributed by atoms with Crippen molar-refractivity contribution in [2.45, 2.75) is 19.4 Å². The van der Waals surface area contributed by atoms with Crippen LogP contribution in [0.15, 0.2) is 18.2 Å². The highest BCUT2D eigenvalue weighted by molar-refractivity contribution is 6.30. The summed E-state index contributed by atoms with van der Waals surface area (Å²) < 4.78 is 0. The van der Waals surface area contributed by atoms with Crippen LogP contribution in [0.25, 0.3) is 0 Å². The topological polar surface area (TPSA) is 70.2 Å². The molecule has 0 saturated heterocycles. The van der Waals surface area contributed by atoms with Gasteiger partial charge in [-0.3, -0.25) is 10.1 Å². The molecule has 0 heterocycles. The van der Waals surface area contributed by atoms with Gasteiger partial charge in [0.1, 0.15) is 5.69 Å². The van der Waals surface area contributed by atoms with Gasteiger partial charge in [-0.25, -0.2) is 0 Å². The molecule has 0 saturated carbocycles. The standard InChI is InChI=1S/C11H12ClN3O2/c1-8(5-6-13)14(2)10-4-3-9(12)7-11(10)15(16)17/h3-4,7-8H,5H2,1-2H3. The molecule has 0 aliphatic heterocycles. The third-order valence-electron chi connectivity index (χ3n) is 2.56. The van der Waals surface area contributed by atoms with E-state index in [4.69, 9.17) is 16.9 Å². The number of nitrogens with zero attached hydrogens (tertiary/aromatic N) is 3. The molecule has 0 bridgehead atoms. The first-order chi connectivity index (χ1) is 7.97. The van der Waals surface area contributed by atoms with Crippen LogP contribution >= 0.6 is 11.6 Å². The van der Waals surface area contributed by atoms with Crippen molar-refractivity contribution < 1.29 is 4.92 Å². The maximum Gasteiger partial charge on any atom is 0.294 e. The Morgan fingerprint density at radius 2 is 2.29 bits per heavy atom. The van der Waals surface area contributed by atoms with E-state index in [1.54, 1.807) is 24.1 Å². The van der Waals surface area contributed by atoms with Crippen LogP contribution in [0.1, 0.15) is 13.3 Å². The summed E-state index contributed by atoms with van der Waals surface area (Å²) in [6, 6.07) is 6.44. The van der Waals surface area contributed by atoms with Gasteiger partial charge in [-0.2, -0.15) is 5.26 Å². The monoisotopic (exact) mass is 253 g/mol. The van der Waals surface area contributed by atoms with Crippen LogP contribution in [0.4, 0.5) is 11.4 Å². The zero-order valence-corrected chi connectivity index (χ0v) is 10.3. The lowest BCUT2D eigenvalue weighted by molar-refractivity contribution is -0.384. The van der Waals surface area contributed by atoms with Crippen LogP contribution in [0.3, 0.4) is 0 Å². The summed E-state index contributed by atoms with van der Waals surface area (Å²) in [4.78, 5) is 12.1. The number of halogens is 1. The van der Waals surface area contributed by atoms with Crippen molar-refractivity contribution in [3.05, 3.63) is 33.3 Å². The Bertz CT molecular complexity index is 470. The predicted molar refractivity (Wildman–Crippen MR) is 66.2 cm³/mol. The Balaban J connectivity index is 3.13. The molecule has 0 fully saturated rings. The molecule has 0 amide bonds. The average Bonchev–Trinajstić information content (AvgIpc) is 2.28. The Morgan fingerprint density at radius 3 is 2.82 bits per heavy atom. The minimum atomic E-state index is -0.475. The van der Waals surface area contributed by atoms with Crippen molar-refractivity contribution in [2.75, 3.05) is 11.9 Å². The molecular formula is C11H12ClN3O2. The van der Waals surface area contributed by atoms with Gasteiger partial charge >= 0.3 is 0 Å². The third-order valence-corrected chi connectivity index (χ3v) is 2.80. The molecular weight excluding hydrogens is 242 g/mol. The minimum absolute atomic E-state index is 0.0511. The summed E-state index contributed by atoms with van der Waals surface area (Å²) in [6.07, 6.45) is 0.302. The van der Waals surface area contributed by atoms with Crippen molar-refractivity contribution in [1.29, 1.82) is 5.26 Å². The second-order valence-electron chi connectivity index (χ2n) is 3.71. The molecule has 1 unspecified atom stereocenters. The molecule has 0 aliphatic carbocycles. The normalized spacial score (nSPS) is 11.6. The quantitative estimate of drug-likeness (QED) is 0.611. The largest absolute Gasteiger partial charge is 0.365 e. The first-order valence-corrected chi connectivity index (χ1v) is 5.39. The number of nitriles is 1. The Labute approximate surface area is 104 Å². The zero-order chi connectivity index (χ0) is 13.0. The molecule has 0 radical (unpaired) electrons. The van der Waals surface area contributed by atoms with E-state index in [1.165, 1.54) is 6.07 Å². The molecule has 5 nitrogen and oxygen atoms in total. The maximum atomic E-state index is 10.9. The van der Waals surface area contributed by atoms with Crippen LogP contribution in [-0.4, -0.2) is 18.0 Å². The summed E-state index contributed by atoms with van der Waals surface area (Å²) >= 11 is 5.73. The fourth-order valence-corrected chi connectivity index (χ4v) is 1.61. The van der Waals surface area contributed by atoms with Crippen LogP contribution in [0, 0.1) is 21.4 Å². The number of hydrogen-bond donors (Lipinski definition) is 0. The van der Waals surface area contributed by atoms with Gasteiger partial charge in [0.15, 0.2) is 0 Å². The highest BCUT2D eigenvalue weighted by atomic mass is 35.5. The second kappa shape index (κ2) is 5.51. The molecule has 0 aliphatic rings. The van der Waals surface area contributed by atoms with Crippen molar-refractivity contribution in [2.24, 2.45) is 0 Å². The molecule has 1 atom stereocenters. The lowest BCUT2D eigenvalue weighted by atomic mass is 10.2. The predicted octanol–water partition coefficient (Wildman–Crippen LogP) is 2.99. The molecule has 0 N–H and O–H groups in total. The number of rotatable bonds is 4.